The minimum Gasteiger partial charge on any atom is -0.494 e. The summed E-state index contributed by atoms with van der Waals surface area (Å²) >= 11 is 0. The third kappa shape index (κ3) is 3.17. The Labute approximate surface area is 177 Å². The van der Waals surface area contributed by atoms with E-state index in [-0.39, 0.29) is 23.6 Å². The van der Waals surface area contributed by atoms with E-state index in [4.69, 9.17) is 4.74 Å². The zero-order valence-corrected chi connectivity index (χ0v) is 17.2. The average molecular weight is 402 g/mol. The molecule has 3 aromatic rings. The van der Waals surface area contributed by atoms with Gasteiger partial charge in [-0.05, 0) is 54.7 Å². The molecule has 2 bridgehead atoms. The van der Waals surface area contributed by atoms with Crippen molar-refractivity contribution in [3.63, 3.8) is 0 Å². The van der Waals surface area contributed by atoms with Crippen LogP contribution in [-0.2, 0) is 13.0 Å². The number of aromatic nitrogens is 1. The van der Waals surface area contributed by atoms with E-state index in [9.17, 15) is 10.2 Å². The molecule has 0 fully saturated rings. The summed E-state index contributed by atoms with van der Waals surface area (Å²) in [5.74, 6) is 1.49. The smallest absolute Gasteiger partial charge is 0.202 e. The van der Waals surface area contributed by atoms with Gasteiger partial charge in [0.15, 0.2) is 0 Å². The van der Waals surface area contributed by atoms with Crippen LogP contribution in [0.2, 0.25) is 0 Å². The quantitative estimate of drug-likeness (QED) is 0.481. The van der Waals surface area contributed by atoms with Gasteiger partial charge >= 0.3 is 0 Å². The first-order valence-corrected chi connectivity index (χ1v) is 10.8. The number of rotatable bonds is 7. The fourth-order valence-electron chi connectivity index (χ4n) is 4.73. The molecule has 2 atom stereocenters. The standard InChI is InChI=1S/C26H27NO3/c1-2-3-4-17-5-7-18(8-6-17)16-30-22-13-11-21(12-14-22)27-25(28)23-19-9-10-20(15-19)24(23)26(27)29/h5-14,19-20,28-29H,2-4,15-16H2,1H3. The monoisotopic (exact) mass is 401 g/mol. The number of fused-ring (bicyclic) bond motifs is 5. The number of hydrogen-bond donors (Lipinski definition) is 2. The van der Waals surface area contributed by atoms with Crippen LogP contribution in [0.15, 0.2) is 60.7 Å². The molecule has 1 heterocycles. The summed E-state index contributed by atoms with van der Waals surface area (Å²) < 4.78 is 7.46. The van der Waals surface area contributed by atoms with Crippen LogP contribution >= 0.6 is 0 Å². The highest BCUT2D eigenvalue weighted by molar-refractivity contribution is 5.62. The van der Waals surface area contributed by atoms with Gasteiger partial charge in [0.2, 0.25) is 11.8 Å². The van der Waals surface area contributed by atoms with E-state index in [0.717, 1.165) is 41.0 Å². The second-order valence-electron chi connectivity index (χ2n) is 8.35. The Hall–Kier alpha value is -3.14. The van der Waals surface area contributed by atoms with E-state index >= 15 is 0 Å². The van der Waals surface area contributed by atoms with E-state index in [1.807, 2.05) is 24.3 Å². The van der Waals surface area contributed by atoms with Crippen molar-refractivity contribution in [3.8, 4) is 23.2 Å². The molecule has 0 saturated carbocycles. The van der Waals surface area contributed by atoms with Crippen LogP contribution in [-0.4, -0.2) is 14.8 Å². The Morgan fingerprint density at radius 2 is 1.47 bits per heavy atom. The lowest BCUT2D eigenvalue weighted by atomic mass is 10.0. The lowest BCUT2D eigenvalue weighted by Crippen LogP contribution is -1.98. The zero-order valence-electron chi connectivity index (χ0n) is 17.2. The lowest BCUT2D eigenvalue weighted by molar-refractivity contribution is 0.306. The Morgan fingerprint density at radius 3 is 2.07 bits per heavy atom. The van der Waals surface area contributed by atoms with Crippen LogP contribution in [0.1, 0.15) is 60.3 Å². The molecule has 1 aromatic heterocycles. The number of nitrogens with zero attached hydrogens (tertiary/aromatic N) is 1. The highest BCUT2D eigenvalue weighted by Crippen LogP contribution is 2.57. The Kier molecular flexibility index (Phi) is 4.78. The summed E-state index contributed by atoms with van der Waals surface area (Å²) in [6, 6.07) is 16.1. The highest BCUT2D eigenvalue weighted by atomic mass is 16.5. The lowest BCUT2D eigenvalue weighted by Gasteiger charge is -2.11. The largest absolute Gasteiger partial charge is 0.494 e. The summed E-state index contributed by atoms with van der Waals surface area (Å²) in [6.45, 7) is 2.72. The normalized spacial score (nSPS) is 18.7. The fraction of sp³-hybridized carbons (Fsp3) is 0.308. The molecule has 2 aliphatic carbocycles. The van der Waals surface area contributed by atoms with Gasteiger partial charge in [-0.2, -0.15) is 0 Å². The zero-order chi connectivity index (χ0) is 20.7. The molecule has 0 radical (unpaired) electrons. The van der Waals surface area contributed by atoms with Gasteiger partial charge < -0.3 is 14.9 Å². The molecule has 0 amide bonds. The van der Waals surface area contributed by atoms with Gasteiger partial charge in [0.25, 0.3) is 0 Å². The molecule has 2 unspecified atom stereocenters. The van der Waals surface area contributed by atoms with Crippen LogP contribution in [0, 0.1) is 0 Å². The van der Waals surface area contributed by atoms with Gasteiger partial charge in [-0.25, -0.2) is 0 Å². The Bertz CT molecular complexity index is 1040. The number of hydrogen-bond acceptors (Lipinski definition) is 3. The minimum absolute atomic E-state index is 0.149. The predicted octanol–water partition coefficient (Wildman–Crippen LogP) is 5.95. The maximum atomic E-state index is 10.7. The topological polar surface area (TPSA) is 54.6 Å². The van der Waals surface area contributed by atoms with Gasteiger partial charge in [0, 0.05) is 23.0 Å². The van der Waals surface area contributed by atoms with Crippen molar-refractivity contribution >= 4 is 0 Å². The number of allylic oxidation sites excluding steroid dienone is 2. The maximum Gasteiger partial charge on any atom is 0.202 e. The number of benzene rings is 2. The van der Waals surface area contributed by atoms with Crippen LogP contribution in [0.5, 0.6) is 17.5 Å². The molecule has 154 valence electrons. The first-order valence-electron chi connectivity index (χ1n) is 10.8. The van der Waals surface area contributed by atoms with Gasteiger partial charge in [-0.1, -0.05) is 49.8 Å². The maximum absolute atomic E-state index is 10.7. The molecule has 2 aliphatic rings. The van der Waals surface area contributed by atoms with Crippen molar-refractivity contribution in [2.45, 2.75) is 51.0 Å². The molecule has 5 rings (SSSR count). The molecule has 4 heteroatoms. The van der Waals surface area contributed by atoms with Gasteiger partial charge in [-0.15, -0.1) is 0 Å². The summed E-state index contributed by atoms with van der Waals surface area (Å²) in [5, 5.41) is 21.5. The minimum atomic E-state index is 0.149. The summed E-state index contributed by atoms with van der Waals surface area (Å²) in [5.41, 5.74) is 4.99. The van der Waals surface area contributed by atoms with Gasteiger partial charge in [-0.3, -0.25) is 4.57 Å². The van der Waals surface area contributed by atoms with Crippen LogP contribution < -0.4 is 4.74 Å². The molecule has 2 aromatic carbocycles. The number of unbranched alkanes of at least 4 members (excludes halogenated alkanes) is 1. The van der Waals surface area contributed by atoms with Crippen molar-refractivity contribution < 1.29 is 14.9 Å². The second kappa shape index (κ2) is 7.60. The molecular weight excluding hydrogens is 374 g/mol. The van der Waals surface area contributed by atoms with E-state index in [0.29, 0.717) is 6.61 Å². The highest BCUT2D eigenvalue weighted by Gasteiger charge is 2.41. The Morgan fingerprint density at radius 1 is 0.867 bits per heavy atom. The average Bonchev–Trinajstić information content (AvgIpc) is 3.46. The first-order chi connectivity index (χ1) is 14.7. The molecule has 0 spiro atoms. The molecule has 0 saturated heterocycles. The Balaban J connectivity index is 1.28. The van der Waals surface area contributed by atoms with E-state index < -0.39 is 0 Å². The third-order valence-corrected chi connectivity index (χ3v) is 6.36. The van der Waals surface area contributed by atoms with Gasteiger partial charge in [0.05, 0.1) is 5.69 Å². The number of aromatic hydroxyl groups is 2. The van der Waals surface area contributed by atoms with Crippen molar-refractivity contribution in [1.29, 1.82) is 0 Å². The summed E-state index contributed by atoms with van der Waals surface area (Å²) in [6.07, 6.45) is 8.77. The number of ether oxygens (including phenoxy) is 1. The van der Waals surface area contributed by atoms with Crippen LogP contribution in [0.3, 0.4) is 0 Å². The van der Waals surface area contributed by atoms with E-state index in [2.05, 4.69) is 43.3 Å². The predicted molar refractivity (Wildman–Crippen MR) is 118 cm³/mol. The third-order valence-electron chi connectivity index (χ3n) is 6.36. The first kappa shape index (κ1) is 18.9. The van der Waals surface area contributed by atoms with E-state index in [1.165, 1.54) is 23.0 Å². The van der Waals surface area contributed by atoms with Crippen LogP contribution in [0.4, 0.5) is 0 Å². The summed E-state index contributed by atoms with van der Waals surface area (Å²) in [4.78, 5) is 0. The summed E-state index contributed by atoms with van der Waals surface area (Å²) in [7, 11) is 0. The fourth-order valence-corrected chi connectivity index (χ4v) is 4.73. The van der Waals surface area contributed by atoms with Gasteiger partial charge in [0.1, 0.15) is 12.4 Å². The molecule has 2 N–H and O–H groups in total. The molecule has 30 heavy (non-hydrogen) atoms. The molecule has 0 aliphatic heterocycles. The van der Waals surface area contributed by atoms with Crippen molar-refractivity contribution in [1.82, 2.24) is 4.57 Å². The van der Waals surface area contributed by atoms with Crippen molar-refractivity contribution in [3.05, 3.63) is 82.9 Å². The van der Waals surface area contributed by atoms with Crippen molar-refractivity contribution in [2.75, 3.05) is 0 Å². The molecule has 4 nitrogen and oxygen atoms in total. The van der Waals surface area contributed by atoms with Crippen LogP contribution in [0.25, 0.3) is 5.69 Å². The second-order valence-corrected chi connectivity index (χ2v) is 8.35. The van der Waals surface area contributed by atoms with E-state index in [1.54, 1.807) is 0 Å². The number of aryl methyl sites for hydroxylation is 1. The molecular formula is C26H27NO3. The SMILES string of the molecule is CCCCc1ccc(COc2ccc(-n3c(O)c4c(c3O)C3C=CC4C3)cc2)cc1. The van der Waals surface area contributed by atoms with Crippen molar-refractivity contribution in [2.24, 2.45) is 0 Å².